The number of carbonyl (C=O) groups is 1. The van der Waals surface area contributed by atoms with Crippen LogP contribution in [0.5, 0.6) is 0 Å². The van der Waals surface area contributed by atoms with Crippen molar-refractivity contribution in [2.75, 3.05) is 26.4 Å². The van der Waals surface area contributed by atoms with Crippen molar-refractivity contribution in [1.29, 1.82) is 0 Å². The lowest BCUT2D eigenvalue weighted by Gasteiger charge is -2.39. The van der Waals surface area contributed by atoms with Crippen LogP contribution in [0.1, 0.15) is 60.3 Å². The summed E-state index contributed by atoms with van der Waals surface area (Å²) in [6, 6.07) is 0. The summed E-state index contributed by atoms with van der Waals surface area (Å²) >= 11 is 0. The molecule has 0 aromatic heterocycles. The normalized spacial score (nSPS) is 19.3. The predicted octanol–water partition coefficient (Wildman–Crippen LogP) is 2.86. The van der Waals surface area contributed by atoms with Gasteiger partial charge in [-0.05, 0) is 40.2 Å². The fraction of sp³-hybridized carbons (Fsp3) is 0.938. The Labute approximate surface area is 129 Å². The Morgan fingerprint density at radius 3 is 2.10 bits per heavy atom. The molecule has 0 aliphatic carbocycles. The minimum Gasteiger partial charge on any atom is -0.465 e. The number of carbonyl (C=O) groups excluding carboxylic acids is 1. The molecule has 5 heteroatoms. The summed E-state index contributed by atoms with van der Waals surface area (Å²) in [6.45, 7) is 11.4. The van der Waals surface area contributed by atoms with Crippen LogP contribution in [0.25, 0.3) is 0 Å². The third-order valence-corrected chi connectivity index (χ3v) is 3.30. The molecule has 0 bridgehead atoms. The average molecular weight is 303 g/mol. The van der Waals surface area contributed by atoms with Crippen LogP contribution in [0.4, 0.5) is 0 Å². The van der Waals surface area contributed by atoms with Gasteiger partial charge in [0, 0.05) is 0 Å². The molecule has 1 fully saturated rings. The van der Waals surface area contributed by atoms with Crippen molar-refractivity contribution in [2.24, 2.45) is 11.1 Å². The van der Waals surface area contributed by atoms with Crippen molar-refractivity contribution < 1.29 is 19.0 Å². The maximum atomic E-state index is 12.0. The van der Waals surface area contributed by atoms with Gasteiger partial charge in [-0.2, -0.15) is 0 Å². The Morgan fingerprint density at radius 2 is 1.57 bits per heavy atom. The average Bonchev–Trinajstić information content (AvgIpc) is 2.48. The van der Waals surface area contributed by atoms with Crippen LogP contribution in [0, 0.1) is 5.41 Å². The summed E-state index contributed by atoms with van der Waals surface area (Å²) < 4.78 is 16.4. The van der Waals surface area contributed by atoms with E-state index in [1.165, 1.54) is 0 Å². The van der Waals surface area contributed by atoms with Gasteiger partial charge < -0.3 is 19.9 Å². The highest BCUT2D eigenvalue weighted by molar-refractivity contribution is 5.76. The van der Waals surface area contributed by atoms with Crippen molar-refractivity contribution in [3.8, 4) is 0 Å². The Hall–Kier alpha value is -0.650. The molecule has 0 atom stereocenters. The summed E-state index contributed by atoms with van der Waals surface area (Å²) in [5.74, 6) is -0.844. The van der Waals surface area contributed by atoms with Crippen molar-refractivity contribution >= 4 is 5.97 Å². The number of hydrogen-bond donors (Lipinski definition) is 1. The fourth-order valence-electron chi connectivity index (χ4n) is 1.81. The fourth-order valence-corrected chi connectivity index (χ4v) is 1.81. The van der Waals surface area contributed by atoms with Gasteiger partial charge in [-0.3, -0.25) is 4.79 Å². The molecular formula is C16H33NO4. The quantitative estimate of drug-likeness (QED) is 0.578. The van der Waals surface area contributed by atoms with Crippen molar-refractivity contribution in [3.63, 3.8) is 0 Å². The molecule has 0 aromatic rings. The lowest BCUT2D eigenvalue weighted by atomic mass is 9.92. The molecule has 2 N–H and O–H groups in total. The van der Waals surface area contributed by atoms with E-state index in [4.69, 9.17) is 19.9 Å². The first-order valence-electron chi connectivity index (χ1n) is 8.05. The molecule has 0 aromatic carbocycles. The van der Waals surface area contributed by atoms with Gasteiger partial charge in [0.25, 0.3) is 0 Å². The van der Waals surface area contributed by atoms with Gasteiger partial charge in [-0.15, -0.1) is 0 Å². The van der Waals surface area contributed by atoms with Crippen molar-refractivity contribution in [3.05, 3.63) is 0 Å². The summed E-state index contributed by atoms with van der Waals surface area (Å²) in [5.41, 5.74) is 4.73. The van der Waals surface area contributed by atoms with Crippen LogP contribution < -0.4 is 5.73 Å². The second-order valence-corrected chi connectivity index (χ2v) is 5.88. The standard InChI is InChI=1S/C14H27NO4.C2H6/c1-13(2)18-10-14(3,11-19-13)12(16)17-9-7-5-4-6-8-15;1-2/h4-11,15H2,1-3H3;1-2H3. The SMILES string of the molecule is CC.CC1(C)OCC(C)(C(=O)OCCCCCCN)CO1. The lowest BCUT2D eigenvalue weighted by Crippen LogP contribution is -2.49. The van der Waals surface area contributed by atoms with E-state index in [0.29, 0.717) is 19.8 Å². The van der Waals surface area contributed by atoms with Crippen molar-refractivity contribution in [2.45, 2.75) is 66.1 Å². The van der Waals surface area contributed by atoms with Gasteiger partial charge in [-0.1, -0.05) is 26.7 Å². The molecule has 0 radical (unpaired) electrons. The molecule has 1 aliphatic heterocycles. The van der Waals surface area contributed by atoms with E-state index in [1.807, 2.05) is 34.6 Å². The molecular weight excluding hydrogens is 270 g/mol. The molecule has 0 unspecified atom stereocenters. The first-order chi connectivity index (χ1) is 9.90. The maximum absolute atomic E-state index is 12.0. The predicted molar refractivity (Wildman–Crippen MR) is 83.9 cm³/mol. The van der Waals surface area contributed by atoms with Gasteiger partial charge in [-0.25, -0.2) is 0 Å². The molecule has 1 heterocycles. The molecule has 1 rings (SSSR count). The monoisotopic (exact) mass is 303 g/mol. The van der Waals surface area contributed by atoms with Crippen LogP contribution in [0.15, 0.2) is 0 Å². The van der Waals surface area contributed by atoms with Gasteiger partial charge in [0.05, 0.1) is 19.8 Å². The molecule has 126 valence electrons. The maximum Gasteiger partial charge on any atom is 0.316 e. The van der Waals surface area contributed by atoms with E-state index in [2.05, 4.69) is 0 Å². The van der Waals surface area contributed by atoms with Crippen LogP contribution in [-0.4, -0.2) is 38.1 Å². The zero-order valence-electron chi connectivity index (χ0n) is 14.4. The molecule has 1 saturated heterocycles. The molecule has 1 aliphatic rings. The van der Waals surface area contributed by atoms with Crippen LogP contribution in [-0.2, 0) is 19.0 Å². The van der Waals surface area contributed by atoms with Crippen LogP contribution in [0.2, 0.25) is 0 Å². The van der Waals surface area contributed by atoms with Gasteiger partial charge >= 0.3 is 5.97 Å². The number of hydrogen-bond acceptors (Lipinski definition) is 5. The first kappa shape index (κ1) is 20.3. The number of rotatable bonds is 7. The van der Waals surface area contributed by atoms with E-state index in [0.717, 1.165) is 32.2 Å². The smallest absolute Gasteiger partial charge is 0.316 e. The minimum atomic E-state index is -0.688. The summed E-state index contributed by atoms with van der Waals surface area (Å²) in [5, 5.41) is 0. The third-order valence-electron chi connectivity index (χ3n) is 3.30. The Morgan fingerprint density at radius 1 is 1.05 bits per heavy atom. The van der Waals surface area contributed by atoms with Gasteiger partial charge in [0.15, 0.2) is 5.79 Å². The first-order valence-corrected chi connectivity index (χ1v) is 8.05. The van der Waals surface area contributed by atoms with E-state index in [1.54, 1.807) is 0 Å². The zero-order valence-corrected chi connectivity index (χ0v) is 14.4. The Balaban J connectivity index is 0.00000191. The van der Waals surface area contributed by atoms with E-state index in [9.17, 15) is 4.79 Å². The number of unbranched alkanes of at least 4 members (excludes halogenated alkanes) is 3. The minimum absolute atomic E-state index is 0.234. The summed E-state index contributed by atoms with van der Waals surface area (Å²) in [7, 11) is 0. The molecule has 5 nitrogen and oxygen atoms in total. The lowest BCUT2D eigenvalue weighted by molar-refractivity contribution is -0.281. The Kier molecular flexibility index (Phi) is 9.83. The highest BCUT2D eigenvalue weighted by Crippen LogP contribution is 2.30. The third kappa shape index (κ3) is 7.79. The van der Waals surface area contributed by atoms with Crippen LogP contribution >= 0.6 is 0 Å². The molecule has 0 saturated carbocycles. The second kappa shape index (κ2) is 10.1. The molecule has 0 spiro atoms. The number of esters is 1. The van der Waals surface area contributed by atoms with Gasteiger partial charge in [0.2, 0.25) is 0 Å². The number of nitrogens with two attached hydrogens (primary N) is 1. The summed E-state index contributed by atoms with van der Waals surface area (Å²) in [6.07, 6.45) is 4.05. The van der Waals surface area contributed by atoms with Gasteiger partial charge in [0.1, 0.15) is 5.41 Å². The largest absolute Gasteiger partial charge is 0.465 e. The van der Waals surface area contributed by atoms with Crippen molar-refractivity contribution in [1.82, 2.24) is 0 Å². The summed E-state index contributed by atoms with van der Waals surface area (Å²) in [4.78, 5) is 12.0. The highest BCUT2D eigenvalue weighted by Gasteiger charge is 2.43. The highest BCUT2D eigenvalue weighted by atomic mass is 16.7. The van der Waals surface area contributed by atoms with E-state index >= 15 is 0 Å². The molecule has 21 heavy (non-hydrogen) atoms. The zero-order chi connectivity index (χ0) is 16.4. The molecule has 0 amide bonds. The second-order valence-electron chi connectivity index (χ2n) is 5.88. The van der Waals surface area contributed by atoms with Crippen LogP contribution in [0.3, 0.4) is 0 Å². The Bertz CT molecular complexity index is 282. The van der Waals surface area contributed by atoms with E-state index < -0.39 is 11.2 Å². The number of ether oxygens (including phenoxy) is 3. The van der Waals surface area contributed by atoms with E-state index in [-0.39, 0.29) is 5.97 Å². The topological polar surface area (TPSA) is 70.8 Å².